The van der Waals surface area contributed by atoms with Crippen molar-refractivity contribution in [2.45, 2.75) is 45.2 Å². The zero-order valence-corrected chi connectivity index (χ0v) is 19.1. The Morgan fingerprint density at radius 2 is 1.93 bits per heavy atom. The second-order valence-electron chi connectivity index (χ2n) is 7.29. The van der Waals surface area contributed by atoms with Crippen LogP contribution in [0.4, 0.5) is 14.5 Å². The minimum absolute atomic E-state index is 0. The number of nitrogens with zero attached hydrogens (tertiary/aromatic N) is 3. The number of guanidine groups is 1. The highest BCUT2D eigenvalue weighted by Crippen LogP contribution is 2.26. The summed E-state index contributed by atoms with van der Waals surface area (Å²) >= 11 is 0. The van der Waals surface area contributed by atoms with E-state index in [4.69, 9.17) is 4.99 Å². The van der Waals surface area contributed by atoms with Crippen LogP contribution < -0.4 is 15.5 Å². The van der Waals surface area contributed by atoms with Crippen LogP contribution in [0.15, 0.2) is 23.2 Å². The first kappa shape index (κ1) is 23.1. The van der Waals surface area contributed by atoms with Gasteiger partial charge in [-0.2, -0.15) is 0 Å². The Balaban J connectivity index is 0.00000280. The highest BCUT2D eigenvalue weighted by Gasteiger charge is 2.27. The molecule has 158 valence electrons. The van der Waals surface area contributed by atoms with Crippen molar-refractivity contribution in [2.24, 2.45) is 4.99 Å². The largest absolute Gasteiger partial charge is 0.365 e. The van der Waals surface area contributed by atoms with E-state index in [9.17, 15) is 8.78 Å². The SMILES string of the molecule is CCNC(=NCC1CCCN1CC)NC1CCN(c2c(F)cccc2F)C1.I. The highest BCUT2D eigenvalue weighted by atomic mass is 127. The van der Waals surface area contributed by atoms with Crippen molar-refractivity contribution in [3.63, 3.8) is 0 Å². The first-order valence-electron chi connectivity index (χ1n) is 10.1. The van der Waals surface area contributed by atoms with Gasteiger partial charge < -0.3 is 15.5 Å². The second kappa shape index (κ2) is 11.1. The summed E-state index contributed by atoms with van der Waals surface area (Å²) in [6.45, 7) is 9.21. The van der Waals surface area contributed by atoms with Crippen LogP contribution in [0.1, 0.15) is 33.1 Å². The number of aliphatic imine (C=N–C) groups is 1. The minimum Gasteiger partial charge on any atom is -0.365 e. The normalized spacial score (nSPS) is 23.0. The summed E-state index contributed by atoms with van der Waals surface area (Å²) in [5.41, 5.74) is 0.0771. The topological polar surface area (TPSA) is 42.9 Å². The molecule has 5 nitrogen and oxygen atoms in total. The van der Waals surface area contributed by atoms with Gasteiger partial charge in [0.05, 0.1) is 6.54 Å². The molecule has 28 heavy (non-hydrogen) atoms. The van der Waals surface area contributed by atoms with E-state index in [0.717, 1.165) is 38.6 Å². The van der Waals surface area contributed by atoms with Gasteiger partial charge >= 0.3 is 0 Å². The van der Waals surface area contributed by atoms with Crippen molar-refractivity contribution >= 4 is 35.6 Å². The molecule has 0 aromatic heterocycles. The van der Waals surface area contributed by atoms with Crippen molar-refractivity contribution < 1.29 is 8.78 Å². The van der Waals surface area contributed by atoms with E-state index in [-0.39, 0.29) is 35.7 Å². The summed E-state index contributed by atoms with van der Waals surface area (Å²) in [5.74, 6) is -0.212. The first-order chi connectivity index (χ1) is 13.1. The van der Waals surface area contributed by atoms with Crippen LogP contribution in [0.2, 0.25) is 0 Å². The van der Waals surface area contributed by atoms with E-state index in [1.165, 1.54) is 31.0 Å². The summed E-state index contributed by atoms with van der Waals surface area (Å²) in [7, 11) is 0. The molecular weight excluding hydrogens is 475 g/mol. The summed E-state index contributed by atoms with van der Waals surface area (Å²) in [6.07, 6.45) is 3.26. The van der Waals surface area contributed by atoms with Crippen LogP contribution >= 0.6 is 24.0 Å². The minimum atomic E-state index is -0.503. The Bertz CT molecular complexity index is 637. The number of likely N-dealkylation sites (N-methyl/N-ethyl adjacent to an activating group) is 1. The monoisotopic (exact) mass is 507 g/mol. The quantitative estimate of drug-likeness (QED) is 0.353. The lowest BCUT2D eigenvalue weighted by molar-refractivity contribution is 0.273. The Labute approximate surface area is 184 Å². The average Bonchev–Trinajstić information content (AvgIpc) is 3.29. The third-order valence-corrected chi connectivity index (χ3v) is 5.49. The summed E-state index contributed by atoms with van der Waals surface area (Å²) in [4.78, 5) is 9.03. The van der Waals surface area contributed by atoms with Gasteiger partial charge in [0.2, 0.25) is 0 Å². The molecule has 2 heterocycles. The number of benzene rings is 1. The molecule has 0 spiro atoms. The fourth-order valence-corrected chi connectivity index (χ4v) is 4.10. The fourth-order valence-electron chi connectivity index (χ4n) is 4.10. The van der Waals surface area contributed by atoms with E-state index < -0.39 is 11.6 Å². The van der Waals surface area contributed by atoms with Crippen LogP contribution in [0.5, 0.6) is 0 Å². The summed E-state index contributed by atoms with van der Waals surface area (Å²) in [5, 5.41) is 6.74. The van der Waals surface area contributed by atoms with Crippen LogP contribution in [0.25, 0.3) is 0 Å². The predicted octanol–water partition coefficient (Wildman–Crippen LogP) is 3.20. The summed E-state index contributed by atoms with van der Waals surface area (Å²) < 4.78 is 28.1. The number of anilines is 1. The molecule has 2 unspecified atom stereocenters. The number of hydrogen-bond donors (Lipinski definition) is 2. The lowest BCUT2D eigenvalue weighted by Gasteiger charge is -2.23. The molecule has 1 aromatic carbocycles. The highest BCUT2D eigenvalue weighted by molar-refractivity contribution is 14.0. The van der Waals surface area contributed by atoms with E-state index in [1.54, 1.807) is 4.90 Å². The van der Waals surface area contributed by atoms with Crippen LogP contribution in [0.3, 0.4) is 0 Å². The lowest BCUT2D eigenvalue weighted by atomic mass is 10.2. The predicted molar refractivity (Wildman–Crippen MR) is 122 cm³/mol. The fraction of sp³-hybridized carbons (Fsp3) is 0.650. The third kappa shape index (κ3) is 5.68. The second-order valence-corrected chi connectivity index (χ2v) is 7.29. The number of rotatable bonds is 6. The van der Waals surface area contributed by atoms with E-state index in [1.807, 2.05) is 6.92 Å². The molecule has 0 bridgehead atoms. The maximum absolute atomic E-state index is 14.0. The molecule has 2 aliphatic rings. The molecule has 2 atom stereocenters. The van der Waals surface area contributed by atoms with Crippen molar-refractivity contribution in [3.8, 4) is 0 Å². The zero-order chi connectivity index (χ0) is 19.2. The van der Waals surface area contributed by atoms with Gasteiger partial charge in [-0.25, -0.2) is 8.78 Å². The smallest absolute Gasteiger partial charge is 0.191 e. The molecule has 8 heteroatoms. The number of nitrogens with one attached hydrogen (secondary N) is 2. The Morgan fingerprint density at radius 1 is 1.18 bits per heavy atom. The van der Waals surface area contributed by atoms with E-state index in [0.29, 0.717) is 19.1 Å². The van der Waals surface area contributed by atoms with Gasteiger partial charge in [0.15, 0.2) is 5.96 Å². The van der Waals surface area contributed by atoms with Gasteiger partial charge in [-0.15, -0.1) is 24.0 Å². The van der Waals surface area contributed by atoms with Crippen LogP contribution in [-0.2, 0) is 0 Å². The molecule has 2 saturated heterocycles. The van der Waals surface area contributed by atoms with Crippen molar-refractivity contribution in [1.29, 1.82) is 0 Å². The Morgan fingerprint density at radius 3 is 2.61 bits per heavy atom. The van der Waals surface area contributed by atoms with Crippen molar-refractivity contribution in [1.82, 2.24) is 15.5 Å². The van der Waals surface area contributed by atoms with E-state index in [2.05, 4.69) is 22.5 Å². The molecule has 0 amide bonds. The molecule has 2 N–H and O–H groups in total. The molecule has 2 fully saturated rings. The van der Waals surface area contributed by atoms with Crippen molar-refractivity contribution in [3.05, 3.63) is 29.8 Å². The molecule has 0 saturated carbocycles. The van der Waals surface area contributed by atoms with Gasteiger partial charge in [0.1, 0.15) is 17.3 Å². The molecular formula is C20H32F2IN5. The van der Waals surface area contributed by atoms with Crippen LogP contribution in [-0.4, -0.2) is 62.2 Å². The number of likely N-dealkylation sites (tertiary alicyclic amines) is 1. The molecule has 0 aliphatic carbocycles. The first-order valence-corrected chi connectivity index (χ1v) is 10.1. The Hall–Kier alpha value is -1.16. The van der Waals surface area contributed by atoms with E-state index >= 15 is 0 Å². The lowest BCUT2D eigenvalue weighted by Crippen LogP contribution is -2.45. The average molecular weight is 507 g/mol. The third-order valence-electron chi connectivity index (χ3n) is 5.49. The number of halogens is 3. The molecule has 2 aliphatic heterocycles. The van der Waals surface area contributed by atoms with Gasteiger partial charge in [-0.05, 0) is 51.4 Å². The molecule has 1 aromatic rings. The number of para-hydroxylation sites is 1. The van der Waals surface area contributed by atoms with Gasteiger partial charge in [-0.3, -0.25) is 9.89 Å². The maximum Gasteiger partial charge on any atom is 0.191 e. The van der Waals surface area contributed by atoms with Crippen molar-refractivity contribution in [2.75, 3.05) is 44.2 Å². The van der Waals surface area contributed by atoms with Gasteiger partial charge in [-0.1, -0.05) is 13.0 Å². The molecule has 3 rings (SSSR count). The summed E-state index contributed by atoms with van der Waals surface area (Å²) in [6, 6.07) is 4.65. The Kier molecular flexibility index (Phi) is 9.20. The number of hydrogen-bond acceptors (Lipinski definition) is 3. The van der Waals surface area contributed by atoms with Gasteiger partial charge in [0, 0.05) is 31.7 Å². The standard InChI is InChI=1S/C20H31F2N5.HI/c1-3-23-20(24-13-16-7-6-11-26(16)4-2)25-15-10-12-27(14-15)19-17(21)8-5-9-18(19)22;/h5,8-9,15-16H,3-4,6-7,10-14H2,1-2H3,(H2,23,24,25);1H. The van der Waals surface area contributed by atoms with Gasteiger partial charge in [0.25, 0.3) is 0 Å². The van der Waals surface area contributed by atoms with Crippen LogP contribution in [0, 0.1) is 11.6 Å². The molecule has 0 radical (unpaired) electrons. The maximum atomic E-state index is 14.0. The zero-order valence-electron chi connectivity index (χ0n) is 16.8.